The summed E-state index contributed by atoms with van der Waals surface area (Å²) in [6.45, 7) is 1.05. The van der Waals surface area contributed by atoms with Crippen molar-refractivity contribution in [2.45, 2.75) is 0 Å². The Labute approximate surface area is 104 Å². The molecule has 88 valence electrons. The molecular formula is C10H7NO4S2. The number of hydrogen-bond acceptors (Lipinski definition) is 6. The highest BCUT2D eigenvalue weighted by molar-refractivity contribution is 7.20. The molecule has 0 fully saturated rings. The number of thiophene rings is 1. The standard InChI is InChI=1S/C10H7NO4S2/c12-10(13)5-3-17-9(11-5)8-7-6(4-16-8)14-1-2-15-7/h3-4H,1-2H2,(H,12,13). The molecule has 0 saturated heterocycles. The number of fused-ring (bicyclic) bond motifs is 1. The minimum atomic E-state index is -1.02. The molecule has 0 amide bonds. The van der Waals surface area contributed by atoms with E-state index in [1.807, 2.05) is 5.38 Å². The van der Waals surface area contributed by atoms with Gasteiger partial charge in [-0.3, -0.25) is 0 Å². The van der Waals surface area contributed by atoms with Crippen LogP contribution in [0.3, 0.4) is 0 Å². The smallest absolute Gasteiger partial charge is 0.355 e. The maximum absolute atomic E-state index is 10.8. The molecule has 1 aliphatic heterocycles. The quantitative estimate of drug-likeness (QED) is 0.906. The third kappa shape index (κ3) is 1.77. The van der Waals surface area contributed by atoms with Gasteiger partial charge in [0, 0.05) is 10.8 Å². The third-order valence-electron chi connectivity index (χ3n) is 2.22. The highest BCUT2D eigenvalue weighted by Gasteiger charge is 2.22. The van der Waals surface area contributed by atoms with Crippen LogP contribution in [0.5, 0.6) is 11.5 Å². The van der Waals surface area contributed by atoms with E-state index >= 15 is 0 Å². The van der Waals surface area contributed by atoms with Crippen molar-refractivity contribution >= 4 is 28.6 Å². The molecule has 1 N–H and O–H groups in total. The summed E-state index contributed by atoms with van der Waals surface area (Å²) in [4.78, 5) is 15.6. The summed E-state index contributed by atoms with van der Waals surface area (Å²) in [5, 5.41) is 12.9. The van der Waals surface area contributed by atoms with Crippen molar-refractivity contribution in [2.75, 3.05) is 13.2 Å². The monoisotopic (exact) mass is 269 g/mol. The first-order valence-corrected chi connectivity index (χ1v) is 6.58. The third-order valence-corrected chi connectivity index (χ3v) is 4.15. The van der Waals surface area contributed by atoms with Crippen LogP contribution < -0.4 is 9.47 Å². The Kier molecular flexibility index (Phi) is 2.49. The predicted molar refractivity (Wildman–Crippen MR) is 63.4 cm³/mol. The van der Waals surface area contributed by atoms with Gasteiger partial charge in [-0.1, -0.05) is 0 Å². The van der Waals surface area contributed by atoms with Crippen LogP contribution in [0.2, 0.25) is 0 Å². The lowest BCUT2D eigenvalue weighted by molar-refractivity contribution is 0.0691. The van der Waals surface area contributed by atoms with Crippen molar-refractivity contribution in [1.29, 1.82) is 0 Å². The van der Waals surface area contributed by atoms with Crippen LogP contribution in [0.1, 0.15) is 10.5 Å². The maximum Gasteiger partial charge on any atom is 0.355 e. The van der Waals surface area contributed by atoms with Crippen molar-refractivity contribution in [3.05, 3.63) is 16.5 Å². The average molecular weight is 269 g/mol. The van der Waals surface area contributed by atoms with Crippen molar-refractivity contribution < 1.29 is 19.4 Å². The van der Waals surface area contributed by atoms with Gasteiger partial charge in [0.05, 0.1) is 0 Å². The Hall–Kier alpha value is -1.60. The molecule has 3 heterocycles. The van der Waals surface area contributed by atoms with E-state index in [2.05, 4.69) is 4.98 Å². The fourth-order valence-electron chi connectivity index (χ4n) is 1.49. The Balaban J connectivity index is 2.03. The largest absolute Gasteiger partial charge is 0.485 e. The lowest BCUT2D eigenvalue weighted by Gasteiger charge is -2.15. The molecular weight excluding hydrogens is 262 g/mol. The van der Waals surface area contributed by atoms with Crippen molar-refractivity contribution in [1.82, 2.24) is 4.98 Å². The Bertz CT molecular complexity index is 575. The molecule has 2 aromatic rings. The molecule has 0 aliphatic carbocycles. The van der Waals surface area contributed by atoms with Crippen LogP contribution in [0.15, 0.2) is 10.8 Å². The predicted octanol–water partition coefficient (Wildman–Crippen LogP) is 2.34. The summed E-state index contributed by atoms with van der Waals surface area (Å²) in [5.74, 6) is 0.367. The Morgan fingerprint density at radius 3 is 2.88 bits per heavy atom. The van der Waals surface area contributed by atoms with Gasteiger partial charge in [-0.25, -0.2) is 9.78 Å². The molecule has 5 nitrogen and oxygen atoms in total. The van der Waals surface area contributed by atoms with Crippen molar-refractivity contribution in [3.63, 3.8) is 0 Å². The molecule has 7 heteroatoms. The van der Waals surface area contributed by atoms with Crippen LogP contribution in [0.4, 0.5) is 0 Å². The van der Waals surface area contributed by atoms with Gasteiger partial charge in [0.25, 0.3) is 0 Å². The van der Waals surface area contributed by atoms with Gasteiger partial charge in [0.1, 0.15) is 23.1 Å². The number of carbonyl (C=O) groups is 1. The second-order valence-corrected chi connectivity index (χ2v) is 5.04. The zero-order valence-electron chi connectivity index (χ0n) is 8.50. The number of aromatic nitrogens is 1. The molecule has 0 unspecified atom stereocenters. The Morgan fingerprint density at radius 2 is 2.12 bits per heavy atom. The average Bonchev–Trinajstić information content (AvgIpc) is 2.95. The maximum atomic E-state index is 10.8. The highest BCUT2D eigenvalue weighted by atomic mass is 32.1. The van der Waals surface area contributed by atoms with Crippen LogP contribution >= 0.6 is 22.7 Å². The lowest BCUT2D eigenvalue weighted by atomic mass is 10.4. The van der Waals surface area contributed by atoms with Crippen molar-refractivity contribution in [3.8, 4) is 21.4 Å². The number of carboxylic acid groups (broad SMARTS) is 1. The molecule has 0 bridgehead atoms. The zero-order valence-corrected chi connectivity index (χ0v) is 10.1. The topological polar surface area (TPSA) is 68.7 Å². The molecule has 0 aromatic carbocycles. The van der Waals surface area contributed by atoms with Crippen LogP contribution in [0, 0.1) is 0 Å². The summed E-state index contributed by atoms with van der Waals surface area (Å²) in [6, 6.07) is 0. The van der Waals surface area contributed by atoms with Gasteiger partial charge >= 0.3 is 5.97 Å². The summed E-state index contributed by atoms with van der Waals surface area (Å²) < 4.78 is 10.9. The van der Waals surface area contributed by atoms with E-state index in [1.165, 1.54) is 28.1 Å². The number of ether oxygens (including phenoxy) is 2. The first kappa shape index (κ1) is 10.5. The lowest BCUT2D eigenvalue weighted by Crippen LogP contribution is -2.14. The number of nitrogens with zero attached hydrogens (tertiary/aromatic N) is 1. The van der Waals surface area contributed by atoms with Gasteiger partial charge in [-0.05, 0) is 0 Å². The molecule has 0 atom stereocenters. The molecule has 0 radical (unpaired) electrons. The minimum Gasteiger partial charge on any atom is -0.485 e. The fraction of sp³-hybridized carbons (Fsp3) is 0.200. The molecule has 3 rings (SSSR count). The van der Waals surface area contributed by atoms with Gasteiger partial charge in [-0.2, -0.15) is 0 Å². The van der Waals surface area contributed by atoms with Crippen LogP contribution in [-0.4, -0.2) is 29.3 Å². The Morgan fingerprint density at radius 1 is 1.29 bits per heavy atom. The van der Waals surface area contributed by atoms with E-state index < -0.39 is 5.97 Å². The molecule has 0 saturated carbocycles. The fourth-order valence-corrected chi connectivity index (χ4v) is 3.32. The number of aromatic carboxylic acids is 1. The first-order chi connectivity index (χ1) is 8.25. The number of hydrogen-bond donors (Lipinski definition) is 1. The van der Waals surface area contributed by atoms with E-state index in [0.29, 0.717) is 29.7 Å². The summed E-state index contributed by atoms with van der Waals surface area (Å²) in [5.41, 5.74) is 0.0591. The van der Waals surface area contributed by atoms with E-state index in [9.17, 15) is 4.79 Å². The summed E-state index contributed by atoms with van der Waals surface area (Å²) in [7, 11) is 0. The molecule has 2 aromatic heterocycles. The number of thiazole rings is 1. The second-order valence-electron chi connectivity index (χ2n) is 3.30. The van der Waals surface area contributed by atoms with Crippen LogP contribution in [-0.2, 0) is 0 Å². The van der Waals surface area contributed by atoms with Crippen LogP contribution in [0.25, 0.3) is 9.88 Å². The van der Waals surface area contributed by atoms with Gasteiger partial charge in [0.2, 0.25) is 0 Å². The van der Waals surface area contributed by atoms with Gasteiger partial charge in [0.15, 0.2) is 17.2 Å². The van der Waals surface area contributed by atoms with E-state index in [1.54, 1.807) is 0 Å². The SMILES string of the molecule is O=C(O)c1csc(-c2scc3c2OCCO3)n1. The minimum absolute atomic E-state index is 0.0591. The number of carboxylic acids is 1. The van der Waals surface area contributed by atoms with E-state index in [0.717, 1.165) is 4.88 Å². The van der Waals surface area contributed by atoms with E-state index in [4.69, 9.17) is 14.6 Å². The molecule has 0 spiro atoms. The second kappa shape index (κ2) is 4.01. The van der Waals surface area contributed by atoms with E-state index in [-0.39, 0.29) is 5.69 Å². The zero-order chi connectivity index (χ0) is 11.8. The first-order valence-electron chi connectivity index (χ1n) is 4.82. The van der Waals surface area contributed by atoms with Gasteiger partial charge < -0.3 is 14.6 Å². The van der Waals surface area contributed by atoms with Crippen molar-refractivity contribution in [2.24, 2.45) is 0 Å². The molecule has 17 heavy (non-hydrogen) atoms. The summed E-state index contributed by atoms with van der Waals surface area (Å²) >= 11 is 2.74. The molecule has 1 aliphatic rings. The number of rotatable bonds is 2. The normalized spacial score (nSPS) is 13.6. The van der Waals surface area contributed by atoms with Gasteiger partial charge in [-0.15, -0.1) is 22.7 Å². The summed E-state index contributed by atoms with van der Waals surface area (Å²) in [6.07, 6.45) is 0. The highest BCUT2D eigenvalue weighted by Crippen LogP contribution is 2.46.